The van der Waals surface area contributed by atoms with Gasteiger partial charge in [-0.3, -0.25) is 13.9 Å². The van der Waals surface area contributed by atoms with E-state index >= 15 is 0 Å². The molecule has 0 aliphatic rings. The van der Waals surface area contributed by atoms with Gasteiger partial charge in [0, 0.05) is 14.1 Å². The average Bonchev–Trinajstić information content (AvgIpc) is 3.11. The molecule has 0 aliphatic heterocycles. The fourth-order valence-corrected chi connectivity index (χ4v) is 4.31. The van der Waals surface area contributed by atoms with Crippen molar-refractivity contribution in [3.05, 3.63) is 74.2 Å². The molecule has 0 spiro atoms. The van der Waals surface area contributed by atoms with E-state index in [4.69, 9.17) is 4.74 Å². The summed E-state index contributed by atoms with van der Waals surface area (Å²) in [6, 6.07) is 11.5. The van der Waals surface area contributed by atoms with Crippen LogP contribution in [0.5, 0.6) is 0 Å². The molecule has 0 bridgehead atoms. The molecule has 4 rings (SSSR count). The van der Waals surface area contributed by atoms with Crippen LogP contribution in [0.15, 0.2) is 46.0 Å². The Labute approximate surface area is 203 Å². The van der Waals surface area contributed by atoms with Crippen LogP contribution in [0, 0.1) is 6.92 Å². The number of carbonyl (C=O) groups is 1. The predicted octanol–water partition coefficient (Wildman–Crippen LogP) is 3.53. The first-order valence-electron chi connectivity index (χ1n) is 11.5. The highest BCUT2D eigenvalue weighted by Gasteiger charge is 2.24. The number of alkyl carbamates (subject to hydrolysis) is 1. The minimum absolute atomic E-state index is 0.136. The molecule has 1 atom stereocenters. The number of amides is 1. The van der Waals surface area contributed by atoms with Gasteiger partial charge in [-0.1, -0.05) is 30.3 Å². The van der Waals surface area contributed by atoms with E-state index in [2.05, 4.69) is 23.3 Å². The summed E-state index contributed by atoms with van der Waals surface area (Å²) in [7, 11) is 3.29. The lowest BCUT2D eigenvalue weighted by Gasteiger charge is -2.21. The van der Waals surface area contributed by atoms with E-state index in [0.29, 0.717) is 5.82 Å². The van der Waals surface area contributed by atoms with Crippen molar-refractivity contribution in [3.8, 4) is 0 Å². The Balaban J connectivity index is 1.75. The lowest BCUT2D eigenvalue weighted by Crippen LogP contribution is -2.39. The fraction of sp³-hybridized carbons (Fsp3) is 0.385. The highest BCUT2D eigenvalue weighted by molar-refractivity contribution is 5.86. The molecule has 2 aromatic heterocycles. The third-order valence-electron chi connectivity index (χ3n) is 6.02. The van der Waals surface area contributed by atoms with Crippen molar-refractivity contribution in [2.24, 2.45) is 14.1 Å². The normalized spacial score (nSPS) is 12.8. The predicted molar refractivity (Wildman–Crippen MR) is 136 cm³/mol. The van der Waals surface area contributed by atoms with E-state index in [9.17, 15) is 14.4 Å². The number of rotatable bonds is 4. The first-order chi connectivity index (χ1) is 16.4. The van der Waals surface area contributed by atoms with Crippen LogP contribution in [-0.4, -0.2) is 30.4 Å². The molecule has 2 heterocycles. The van der Waals surface area contributed by atoms with E-state index in [-0.39, 0.29) is 17.7 Å². The van der Waals surface area contributed by atoms with Crippen LogP contribution in [0.2, 0.25) is 0 Å². The molecule has 0 radical (unpaired) electrons. The van der Waals surface area contributed by atoms with Crippen LogP contribution in [0.3, 0.4) is 0 Å². The first kappa shape index (κ1) is 24.3. The molecule has 1 N–H and O–H groups in total. The minimum Gasteiger partial charge on any atom is -0.444 e. The average molecular weight is 478 g/mol. The molecule has 1 amide bonds. The molecule has 184 valence electrons. The van der Waals surface area contributed by atoms with Gasteiger partial charge < -0.3 is 14.6 Å². The number of ether oxygens (including phenoxy) is 1. The molecule has 0 aliphatic carbocycles. The van der Waals surface area contributed by atoms with Gasteiger partial charge in [0.05, 0.1) is 12.6 Å². The monoisotopic (exact) mass is 477 g/mol. The number of hydrogen-bond donors (Lipinski definition) is 1. The van der Waals surface area contributed by atoms with Crippen molar-refractivity contribution >= 4 is 28.0 Å². The van der Waals surface area contributed by atoms with Crippen LogP contribution in [0.4, 0.5) is 4.79 Å². The maximum Gasteiger partial charge on any atom is 0.408 e. The Morgan fingerprint density at radius 3 is 2.51 bits per heavy atom. The van der Waals surface area contributed by atoms with Gasteiger partial charge in [0.25, 0.3) is 5.56 Å². The Kier molecular flexibility index (Phi) is 6.04. The molecule has 0 saturated heterocycles. The second kappa shape index (κ2) is 8.72. The van der Waals surface area contributed by atoms with Gasteiger partial charge in [0.1, 0.15) is 11.4 Å². The fourth-order valence-electron chi connectivity index (χ4n) is 4.31. The first-order valence-corrected chi connectivity index (χ1v) is 11.5. The second-order valence-corrected chi connectivity index (χ2v) is 9.93. The van der Waals surface area contributed by atoms with E-state index < -0.39 is 29.0 Å². The topological polar surface area (TPSA) is 100 Å². The molecule has 9 nitrogen and oxygen atoms in total. The van der Waals surface area contributed by atoms with Crippen molar-refractivity contribution in [2.75, 3.05) is 0 Å². The van der Waals surface area contributed by atoms with E-state index in [1.165, 1.54) is 14.7 Å². The van der Waals surface area contributed by atoms with Crippen molar-refractivity contribution in [3.63, 3.8) is 0 Å². The second-order valence-electron chi connectivity index (χ2n) is 9.93. The third-order valence-corrected chi connectivity index (χ3v) is 6.02. The number of imidazole rings is 1. The van der Waals surface area contributed by atoms with Gasteiger partial charge >= 0.3 is 11.8 Å². The zero-order valence-electron chi connectivity index (χ0n) is 21.2. The van der Waals surface area contributed by atoms with Crippen LogP contribution in [-0.2, 0) is 25.4 Å². The van der Waals surface area contributed by atoms with Crippen LogP contribution < -0.4 is 16.6 Å². The standard InChI is InChI=1S/C26H31N5O4/c1-15-9-8-10-18-13-17(11-12-19(15)18)14-31-23(32)20-22(30(7)25(31)34)28-21(29(20)6)16(2)27-24(33)35-26(3,4)5/h8-13,16H,14H2,1-7H3,(H,27,33). The number of carbonyl (C=O) groups excluding carboxylic acids is 1. The lowest BCUT2D eigenvalue weighted by atomic mass is 10.0. The van der Waals surface area contributed by atoms with Gasteiger partial charge in [-0.2, -0.15) is 0 Å². The Morgan fingerprint density at radius 1 is 1.11 bits per heavy atom. The summed E-state index contributed by atoms with van der Waals surface area (Å²) in [5.41, 5.74) is 1.04. The third kappa shape index (κ3) is 4.58. The summed E-state index contributed by atoms with van der Waals surface area (Å²) >= 11 is 0. The summed E-state index contributed by atoms with van der Waals surface area (Å²) in [6.07, 6.45) is -0.588. The number of aromatic nitrogens is 4. The summed E-state index contributed by atoms with van der Waals surface area (Å²) in [6.45, 7) is 9.27. The van der Waals surface area contributed by atoms with Gasteiger partial charge in [-0.25, -0.2) is 14.6 Å². The largest absolute Gasteiger partial charge is 0.444 e. The molecule has 35 heavy (non-hydrogen) atoms. The summed E-state index contributed by atoms with van der Waals surface area (Å²) in [5, 5.41) is 4.93. The Bertz CT molecular complexity index is 1570. The van der Waals surface area contributed by atoms with Crippen LogP contribution in [0.25, 0.3) is 21.9 Å². The number of fused-ring (bicyclic) bond motifs is 2. The van der Waals surface area contributed by atoms with Crippen LogP contribution >= 0.6 is 0 Å². The van der Waals surface area contributed by atoms with E-state index in [1.54, 1.807) is 46.4 Å². The number of benzene rings is 2. The molecule has 4 aromatic rings. The van der Waals surface area contributed by atoms with E-state index in [0.717, 1.165) is 16.3 Å². The van der Waals surface area contributed by atoms with Crippen molar-refractivity contribution in [1.29, 1.82) is 0 Å². The summed E-state index contributed by atoms with van der Waals surface area (Å²) in [5.74, 6) is 0.442. The molecule has 9 heteroatoms. The lowest BCUT2D eigenvalue weighted by molar-refractivity contribution is 0.0505. The van der Waals surface area contributed by atoms with Gasteiger partial charge in [-0.05, 0) is 62.6 Å². The SMILES string of the molecule is Cc1cccc2cc(Cn3c(=O)c4c(nc(C(C)NC(=O)OC(C)(C)C)n4C)n(C)c3=O)ccc12. The number of nitrogens with one attached hydrogen (secondary N) is 1. The summed E-state index contributed by atoms with van der Waals surface area (Å²) in [4.78, 5) is 43.4. The Hall–Kier alpha value is -3.88. The molecule has 0 saturated carbocycles. The highest BCUT2D eigenvalue weighted by atomic mass is 16.6. The zero-order chi connectivity index (χ0) is 25.7. The molecular weight excluding hydrogens is 446 g/mol. The van der Waals surface area contributed by atoms with E-state index in [1.807, 2.05) is 30.3 Å². The van der Waals surface area contributed by atoms with Gasteiger partial charge in [0.15, 0.2) is 11.2 Å². The maximum absolute atomic E-state index is 13.5. The molecular formula is C26H31N5O4. The minimum atomic E-state index is -0.644. The van der Waals surface area contributed by atoms with Crippen molar-refractivity contribution < 1.29 is 9.53 Å². The van der Waals surface area contributed by atoms with Gasteiger partial charge in [0.2, 0.25) is 0 Å². The summed E-state index contributed by atoms with van der Waals surface area (Å²) < 4.78 is 9.54. The molecule has 0 fully saturated rings. The number of hydrogen-bond acceptors (Lipinski definition) is 5. The molecule has 2 aromatic carbocycles. The van der Waals surface area contributed by atoms with Crippen LogP contribution in [0.1, 0.15) is 50.7 Å². The number of nitrogens with zero attached hydrogens (tertiary/aromatic N) is 4. The van der Waals surface area contributed by atoms with Crippen molar-refractivity contribution in [1.82, 2.24) is 24.0 Å². The zero-order valence-corrected chi connectivity index (χ0v) is 21.2. The number of aryl methyl sites for hydroxylation is 3. The van der Waals surface area contributed by atoms with Gasteiger partial charge in [-0.15, -0.1) is 0 Å². The van der Waals surface area contributed by atoms with Crippen molar-refractivity contribution in [2.45, 2.75) is 52.8 Å². The smallest absolute Gasteiger partial charge is 0.408 e. The molecule has 1 unspecified atom stereocenters. The quantitative estimate of drug-likeness (QED) is 0.485. The maximum atomic E-state index is 13.5. The highest BCUT2D eigenvalue weighted by Crippen LogP contribution is 2.21. The Morgan fingerprint density at radius 2 is 1.83 bits per heavy atom.